The number of carbonyl (C=O) groups is 1. The van der Waals surface area contributed by atoms with E-state index >= 15 is 0 Å². The van der Waals surface area contributed by atoms with Crippen molar-refractivity contribution in [1.29, 1.82) is 0 Å². The van der Waals surface area contributed by atoms with Crippen LogP contribution in [-0.2, 0) is 22.6 Å². The number of rotatable bonds is 6. The maximum Gasteiger partial charge on any atom is 0.344 e. The van der Waals surface area contributed by atoms with E-state index in [0.29, 0.717) is 33.8 Å². The largest absolute Gasteiger partial charge is 0.497 e. The monoisotopic (exact) mass is 410 g/mol. The van der Waals surface area contributed by atoms with Crippen LogP contribution in [0, 0.1) is 0 Å². The first-order valence-electron chi connectivity index (χ1n) is 9.55. The van der Waals surface area contributed by atoms with Crippen LogP contribution in [0.1, 0.15) is 25.0 Å². The van der Waals surface area contributed by atoms with Crippen LogP contribution in [0.3, 0.4) is 0 Å². The minimum absolute atomic E-state index is 0.0763. The van der Waals surface area contributed by atoms with E-state index < -0.39 is 11.6 Å². The van der Waals surface area contributed by atoms with Crippen LogP contribution >= 0.6 is 0 Å². The second-order valence-electron chi connectivity index (χ2n) is 7.69. The quantitative estimate of drug-likeness (QED) is 0.453. The molecule has 0 unspecified atom stereocenters. The molecule has 2 aromatic carbocycles. The van der Waals surface area contributed by atoms with Gasteiger partial charge in [0.1, 0.15) is 23.5 Å². The average Bonchev–Trinajstić information content (AvgIpc) is 3.04. The molecule has 1 aliphatic heterocycles. The predicted octanol–water partition coefficient (Wildman–Crippen LogP) is 3.64. The Bertz CT molecular complexity index is 1160. The lowest BCUT2D eigenvalue weighted by Gasteiger charge is -2.18. The maximum absolute atomic E-state index is 12.2. The van der Waals surface area contributed by atoms with Crippen LogP contribution in [0.2, 0.25) is 0 Å². The van der Waals surface area contributed by atoms with Crippen LogP contribution in [0.4, 0.5) is 0 Å². The zero-order chi connectivity index (χ0) is 21.3. The third kappa shape index (κ3) is 4.10. The molecule has 0 amide bonds. The minimum atomic E-state index is -0.556. The van der Waals surface area contributed by atoms with Crippen LogP contribution < -0.4 is 19.8 Å². The van der Waals surface area contributed by atoms with Gasteiger partial charge in [0.15, 0.2) is 18.1 Å². The second kappa shape index (κ2) is 7.74. The molecule has 0 radical (unpaired) electrons. The van der Waals surface area contributed by atoms with Gasteiger partial charge in [-0.2, -0.15) is 0 Å². The third-order valence-electron chi connectivity index (χ3n) is 4.83. The van der Waals surface area contributed by atoms with E-state index in [-0.39, 0.29) is 18.8 Å². The van der Waals surface area contributed by atoms with E-state index in [9.17, 15) is 9.59 Å². The summed E-state index contributed by atoms with van der Waals surface area (Å²) >= 11 is 0. The molecule has 7 heteroatoms. The molecule has 0 fully saturated rings. The number of benzene rings is 2. The van der Waals surface area contributed by atoms with Crippen LogP contribution in [0.5, 0.6) is 17.2 Å². The van der Waals surface area contributed by atoms with Gasteiger partial charge in [-0.1, -0.05) is 12.1 Å². The summed E-state index contributed by atoms with van der Waals surface area (Å²) in [6.45, 7) is 3.66. The second-order valence-corrected chi connectivity index (χ2v) is 7.69. The first-order chi connectivity index (χ1) is 14.3. The Labute approximate surface area is 173 Å². The molecule has 0 saturated carbocycles. The highest BCUT2D eigenvalue weighted by atomic mass is 16.6. The van der Waals surface area contributed by atoms with Crippen LogP contribution in [-0.4, -0.2) is 25.3 Å². The fourth-order valence-corrected chi connectivity index (χ4v) is 3.49. The fraction of sp³-hybridized carbons (Fsp3) is 0.304. The lowest BCUT2D eigenvalue weighted by atomic mass is 10.0. The Hall–Kier alpha value is -3.48. The fourth-order valence-electron chi connectivity index (χ4n) is 3.49. The molecular weight excluding hydrogens is 388 g/mol. The van der Waals surface area contributed by atoms with Crippen molar-refractivity contribution in [2.75, 3.05) is 13.7 Å². The summed E-state index contributed by atoms with van der Waals surface area (Å²) in [4.78, 5) is 24.1. The molecule has 1 aliphatic rings. The van der Waals surface area contributed by atoms with Gasteiger partial charge in [0, 0.05) is 35.1 Å². The summed E-state index contributed by atoms with van der Waals surface area (Å²) in [6.07, 6.45) is 0.776. The Kier molecular flexibility index (Phi) is 5.11. The zero-order valence-electron chi connectivity index (χ0n) is 17.0. The van der Waals surface area contributed by atoms with Crippen molar-refractivity contribution in [3.8, 4) is 17.2 Å². The Morgan fingerprint density at radius 2 is 2.00 bits per heavy atom. The van der Waals surface area contributed by atoms with Gasteiger partial charge in [-0.25, -0.2) is 9.59 Å². The molecule has 7 nitrogen and oxygen atoms in total. The third-order valence-corrected chi connectivity index (χ3v) is 4.83. The maximum atomic E-state index is 12.2. The molecule has 3 aromatic rings. The molecular formula is C23H22O7. The highest BCUT2D eigenvalue weighted by molar-refractivity contribution is 5.81. The molecule has 0 bridgehead atoms. The molecule has 0 atom stereocenters. The first kappa shape index (κ1) is 19.8. The summed E-state index contributed by atoms with van der Waals surface area (Å²) in [6, 6.07) is 12.0. The summed E-state index contributed by atoms with van der Waals surface area (Å²) < 4.78 is 27.2. The van der Waals surface area contributed by atoms with Gasteiger partial charge in [-0.05, 0) is 32.0 Å². The SMILES string of the molecule is COc1ccc2c(COC(=O)COc3cccc4c3OC(C)(C)C4)cc(=O)oc2c1. The van der Waals surface area contributed by atoms with E-state index in [2.05, 4.69) is 0 Å². The zero-order valence-corrected chi connectivity index (χ0v) is 17.0. The van der Waals surface area contributed by atoms with Crippen molar-refractivity contribution in [2.24, 2.45) is 0 Å². The molecule has 30 heavy (non-hydrogen) atoms. The number of esters is 1. The molecule has 156 valence electrons. The highest BCUT2D eigenvalue weighted by Gasteiger charge is 2.32. The van der Waals surface area contributed by atoms with E-state index in [4.69, 9.17) is 23.4 Å². The molecule has 0 N–H and O–H groups in total. The van der Waals surface area contributed by atoms with Gasteiger partial charge >= 0.3 is 11.6 Å². The highest BCUT2D eigenvalue weighted by Crippen LogP contribution is 2.41. The summed E-state index contributed by atoms with van der Waals surface area (Å²) in [5.74, 6) is 1.18. The summed E-state index contributed by atoms with van der Waals surface area (Å²) in [5.41, 5.74) is 1.12. The van der Waals surface area contributed by atoms with E-state index in [0.717, 1.165) is 12.0 Å². The Morgan fingerprint density at radius 1 is 1.17 bits per heavy atom. The van der Waals surface area contributed by atoms with Crippen molar-refractivity contribution < 1.29 is 28.2 Å². The molecule has 4 rings (SSSR count). The molecule has 1 aromatic heterocycles. The normalized spacial score (nSPS) is 14.1. The number of para-hydroxylation sites is 1. The number of fused-ring (bicyclic) bond motifs is 2. The first-order valence-corrected chi connectivity index (χ1v) is 9.55. The van der Waals surface area contributed by atoms with E-state index in [1.807, 2.05) is 26.0 Å². The lowest BCUT2D eigenvalue weighted by molar-refractivity contribution is -0.147. The van der Waals surface area contributed by atoms with Gasteiger partial charge in [-0.15, -0.1) is 0 Å². The van der Waals surface area contributed by atoms with Gasteiger partial charge in [0.2, 0.25) is 0 Å². The lowest BCUT2D eigenvalue weighted by Crippen LogP contribution is -2.24. The average molecular weight is 410 g/mol. The Balaban J connectivity index is 1.42. The van der Waals surface area contributed by atoms with Crippen molar-refractivity contribution in [1.82, 2.24) is 0 Å². The number of carbonyl (C=O) groups excluding carboxylic acids is 1. The Morgan fingerprint density at radius 3 is 2.80 bits per heavy atom. The van der Waals surface area contributed by atoms with Gasteiger partial charge in [0.25, 0.3) is 0 Å². The standard InChI is InChI=1S/C23H22O7/c1-23(2)11-14-5-4-6-18(22(14)30-23)27-13-21(25)28-12-15-9-20(24)29-19-10-16(26-3)7-8-17(15)19/h4-10H,11-13H2,1-3H3. The summed E-state index contributed by atoms with van der Waals surface area (Å²) in [5, 5.41) is 0.667. The topological polar surface area (TPSA) is 84.2 Å². The van der Waals surface area contributed by atoms with E-state index in [1.165, 1.54) is 13.2 Å². The van der Waals surface area contributed by atoms with Crippen LogP contribution in [0.25, 0.3) is 11.0 Å². The van der Waals surface area contributed by atoms with E-state index in [1.54, 1.807) is 24.3 Å². The van der Waals surface area contributed by atoms with Crippen molar-refractivity contribution in [2.45, 2.75) is 32.5 Å². The minimum Gasteiger partial charge on any atom is -0.497 e. The van der Waals surface area contributed by atoms with Crippen LogP contribution in [0.15, 0.2) is 51.7 Å². The molecule has 0 spiro atoms. The molecule has 0 aliphatic carbocycles. The van der Waals surface area contributed by atoms with Crippen molar-refractivity contribution in [3.63, 3.8) is 0 Å². The number of methoxy groups -OCH3 is 1. The van der Waals surface area contributed by atoms with Gasteiger partial charge in [-0.3, -0.25) is 0 Å². The summed E-state index contributed by atoms with van der Waals surface area (Å²) in [7, 11) is 1.53. The smallest absolute Gasteiger partial charge is 0.344 e. The number of hydrogen-bond donors (Lipinski definition) is 0. The van der Waals surface area contributed by atoms with Gasteiger partial charge in [0.05, 0.1) is 7.11 Å². The van der Waals surface area contributed by atoms with Gasteiger partial charge < -0.3 is 23.4 Å². The molecule has 0 saturated heterocycles. The number of ether oxygens (including phenoxy) is 4. The molecule has 2 heterocycles. The predicted molar refractivity (Wildman–Crippen MR) is 109 cm³/mol. The van der Waals surface area contributed by atoms with Crippen molar-refractivity contribution >= 4 is 16.9 Å². The van der Waals surface area contributed by atoms with Crippen molar-refractivity contribution in [3.05, 3.63) is 64.0 Å². The number of hydrogen-bond acceptors (Lipinski definition) is 7.